The van der Waals surface area contributed by atoms with E-state index in [0.29, 0.717) is 44.0 Å². The van der Waals surface area contributed by atoms with Gasteiger partial charge >= 0.3 is 6.01 Å². The maximum Gasteiger partial charge on any atom is 0.336 e. The molecule has 1 atom stereocenters. The highest BCUT2D eigenvalue weighted by molar-refractivity contribution is 5.90. The molecule has 1 aromatic heterocycles. The van der Waals surface area contributed by atoms with Crippen molar-refractivity contribution in [3.8, 4) is 23.1 Å². The van der Waals surface area contributed by atoms with Crippen LogP contribution in [0.1, 0.15) is 53.0 Å². The topological polar surface area (TPSA) is 78.3 Å². The molecule has 35 heavy (non-hydrogen) atoms. The zero-order valence-corrected chi connectivity index (χ0v) is 21.8. The number of anilines is 1. The van der Waals surface area contributed by atoms with Crippen LogP contribution in [-0.4, -0.2) is 40.5 Å². The normalized spacial score (nSPS) is 12.4. The highest BCUT2D eigenvalue weighted by Crippen LogP contribution is 2.28. The highest BCUT2D eigenvalue weighted by atomic mass is 16.5. The molecule has 1 heterocycles. The first-order valence-electron chi connectivity index (χ1n) is 12.3. The van der Waals surface area contributed by atoms with Crippen LogP contribution in [0, 0.1) is 18.3 Å². The maximum atomic E-state index is 12.5. The van der Waals surface area contributed by atoms with Gasteiger partial charge in [-0.15, -0.1) is 5.10 Å². The lowest BCUT2D eigenvalue weighted by atomic mass is 9.84. The molecule has 0 fully saturated rings. The number of amides is 1. The van der Waals surface area contributed by atoms with Crippen LogP contribution in [0.15, 0.2) is 48.5 Å². The minimum Gasteiger partial charge on any atom is -0.460 e. The molecule has 7 nitrogen and oxygen atoms in total. The van der Waals surface area contributed by atoms with E-state index in [2.05, 4.69) is 43.1 Å². The molecule has 0 aliphatic rings. The molecule has 0 saturated heterocycles. The van der Waals surface area contributed by atoms with E-state index in [4.69, 9.17) is 9.47 Å². The van der Waals surface area contributed by atoms with Crippen LogP contribution in [0.2, 0.25) is 0 Å². The summed E-state index contributed by atoms with van der Waals surface area (Å²) in [4.78, 5) is 17.2. The molecule has 7 heteroatoms. The molecule has 0 aliphatic carbocycles. The van der Waals surface area contributed by atoms with E-state index in [0.717, 1.165) is 28.9 Å². The molecule has 0 aliphatic heterocycles. The number of benzene rings is 2. The number of hydrogen-bond acceptors (Lipinski definition) is 5. The summed E-state index contributed by atoms with van der Waals surface area (Å²) in [5.74, 6) is 1.05. The van der Waals surface area contributed by atoms with Gasteiger partial charge in [-0.05, 0) is 61.4 Å². The van der Waals surface area contributed by atoms with Crippen molar-refractivity contribution in [2.45, 2.75) is 54.4 Å². The van der Waals surface area contributed by atoms with Gasteiger partial charge in [0, 0.05) is 24.3 Å². The number of carbonyl (C=O) groups is 1. The first-order chi connectivity index (χ1) is 16.7. The van der Waals surface area contributed by atoms with Gasteiger partial charge in [0.15, 0.2) is 5.82 Å². The van der Waals surface area contributed by atoms with Crippen LogP contribution in [-0.2, 0) is 9.53 Å². The van der Waals surface area contributed by atoms with Crippen molar-refractivity contribution < 1.29 is 14.3 Å². The van der Waals surface area contributed by atoms with Gasteiger partial charge in [-0.25, -0.2) is 4.68 Å². The van der Waals surface area contributed by atoms with E-state index in [9.17, 15) is 4.79 Å². The summed E-state index contributed by atoms with van der Waals surface area (Å²) in [7, 11) is 0. The van der Waals surface area contributed by atoms with E-state index in [1.807, 2.05) is 62.4 Å². The van der Waals surface area contributed by atoms with Crippen LogP contribution in [0.3, 0.4) is 0 Å². The Bertz CT molecular complexity index is 1100. The molecule has 2 aromatic carbocycles. The molecular weight excluding hydrogens is 440 g/mol. The van der Waals surface area contributed by atoms with Crippen molar-refractivity contribution in [1.29, 1.82) is 0 Å². The highest BCUT2D eigenvalue weighted by Gasteiger charge is 2.19. The number of aromatic nitrogens is 3. The van der Waals surface area contributed by atoms with Gasteiger partial charge in [0.1, 0.15) is 6.61 Å². The van der Waals surface area contributed by atoms with Crippen LogP contribution >= 0.6 is 0 Å². The van der Waals surface area contributed by atoms with Gasteiger partial charge in [-0.3, -0.25) is 4.79 Å². The average molecular weight is 479 g/mol. The number of carbonyl (C=O) groups excluding carboxylic acids is 1. The summed E-state index contributed by atoms with van der Waals surface area (Å²) in [6.45, 7) is 14.2. The number of rotatable bonds is 11. The van der Waals surface area contributed by atoms with Gasteiger partial charge in [0.25, 0.3) is 0 Å². The lowest BCUT2D eigenvalue weighted by Gasteiger charge is -2.22. The predicted octanol–water partition coefficient (Wildman–Crippen LogP) is 6.06. The quantitative estimate of drug-likeness (QED) is 0.339. The van der Waals surface area contributed by atoms with Crippen LogP contribution in [0.4, 0.5) is 5.69 Å². The van der Waals surface area contributed by atoms with Crippen molar-refractivity contribution in [2.75, 3.05) is 25.1 Å². The maximum absolute atomic E-state index is 12.5. The second kappa shape index (κ2) is 12.0. The first kappa shape index (κ1) is 26.4. The van der Waals surface area contributed by atoms with E-state index < -0.39 is 0 Å². The third-order valence-corrected chi connectivity index (χ3v) is 5.53. The van der Waals surface area contributed by atoms with Gasteiger partial charge in [-0.1, -0.05) is 52.0 Å². The summed E-state index contributed by atoms with van der Waals surface area (Å²) >= 11 is 0. The number of ether oxygens (including phenoxy) is 2. The summed E-state index contributed by atoms with van der Waals surface area (Å²) in [5.41, 5.74) is 3.86. The van der Waals surface area contributed by atoms with Crippen LogP contribution < -0.4 is 10.1 Å². The average Bonchev–Trinajstić information content (AvgIpc) is 3.20. The van der Waals surface area contributed by atoms with E-state index in [-0.39, 0.29) is 11.3 Å². The summed E-state index contributed by atoms with van der Waals surface area (Å²) in [6.07, 6.45) is 1.50. The number of aryl methyl sites for hydroxylation is 1. The Hall–Kier alpha value is -3.19. The van der Waals surface area contributed by atoms with Gasteiger partial charge in [-0.2, -0.15) is 4.98 Å². The molecule has 0 radical (unpaired) electrons. The second-order valence-corrected chi connectivity index (χ2v) is 10.2. The van der Waals surface area contributed by atoms with Crippen molar-refractivity contribution in [3.05, 3.63) is 54.1 Å². The smallest absolute Gasteiger partial charge is 0.336 e. The summed E-state index contributed by atoms with van der Waals surface area (Å²) in [6, 6.07) is 16.0. The Labute approximate surface area is 208 Å². The molecular formula is C28H38N4O3. The molecule has 0 saturated carbocycles. The molecule has 1 N–H and O–H groups in total. The monoisotopic (exact) mass is 478 g/mol. The number of hydrogen-bond donors (Lipinski definition) is 1. The minimum absolute atomic E-state index is 0.0286. The van der Waals surface area contributed by atoms with Crippen molar-refractivity contribution in [1.82, 2.24) is 14.8 Å². The number of nitrogens with zero attached hydrogens (tertiary/aromatic N) is 3. The van der Waals surface area contributed by atoms with Crippen molar-refractivity contribution in [2.24, 2.45) is 11.3 Å². The molecule has 1 amide bonds. The fraction of sp³-hybridized carbons (Fsp3) is 0.464. The first-order valence-corrected chi connectivity index (χ1v) is 12.3. The van der Waals surface area contributed by atoms with Crippen molar-refractivity contribution in [3.63, 3.8) is 0 Å². The fourth-order valence-corrected chi connectivity index (χ4v) is 4.20. The molecule has 1 unspecified atom stereocenters. The Kier molecular flexibility index (Phi) is 9.04. The van der Waals surface area contributed by atoms with E-state index in [1.165, 1.54) is 0 Å². The Morgan fingerprint density at radius 2 is 1.80 bits per heavy atom. The zero-order valence-electron chi connectivity index (χ0n) is 21.8. The Balaban J connectivity index is 1.77. The van der Waals surface area contributed by atoms with Crippen molar-refractivity contribution >= 4 is 11.6 Å². The second-order valence-electron chi connectivity index (χ2n) is 10.2. The number of nitrogens with one attached hydrogen (secondary N) is 1. The molecule has 3 rings (SSSR count). The fourth-order valence-electron chi connectivity index (χ4n) is 4.20. The Morgan fingerprint density at radius 1 is 1.09 bits per heavy atom. The van der Waals surface area contributed by atoms with E-state index >= 15 is 0 Å². The molecule has 188 valence electrons. The van der Waals surface area contributed by atoms with Gasteiger partial charge in [0.05, 0.1) is 12.3 Å². The SMILES string of the molecule is CCOCCOc1nc(-c2ccccc2C)n(-c2ccc(NC(=O)CC(C)CC(C)(C)C)cc2)n1. The predicted molar refractivity (Wildman–Crippen MR) is 140 cm³/mol. The van der Waals surface area contributed by atoms with E-state index in [1.54, 1.807) is 4.68 Å². The molecule has 0 spiro atoms. The third kappa shape index (κ3) is 7.92. The van der Waals surface area contributed by atoms with Crippen LogP contribution in [0.25, 0.3) is 17.1 Å². The van der Waals surface area contributed by atoms with Crippen LogP contribution in [0.5, 0.6) is 6.01 Å². The lowest BCUT2D eigenvalue weighted by Crippen LogP contribution is -2.18. The molecule has 3 aromatic rings. The minimum atomic E-state index is 0.0286. The Morgan fingerprint density at radius 3 is 2.46 bits per heavy atom. The summed E-state index contributed by atoms with van der Waals surface area (Å²) in [5, 5.41) is 7.61. The lowest BCUT2D eigenvalue weighted by molar-refractivity contribution is -0.117. The standard InChI is InChI=1S/C28H38N4O3/c1-7-34-16-17-35-27-30-26(24-11-9-8-10-21(24)3)32(31-27)23-14-12-22(13-15-23)29-25(33)18-20(2)19-28(4,5)6/h8-15,20H,7,16-19H2,1-6H3,(H,29,33). The van der Waals surface area contributed by atoms with Gasteiger partial charge in [0.2, 0.25) is 5.91 Å². The third-order valence-electron chi connectivity index (χ3n) is 5.53. The summed E-state index contributed by atoms with van der Waals surface area (Å²) < 4.78 is 12.9. The zero-order chi connectivity index (χ0) is 25.4. The van der Waals surface area contributed by atoms with Gasteiger partial charge < -0.3 is 14.8 Å². The largest absolute Gasteiger partial charge is 0.460 e. The molecule has 0 bridgehead atoms.